The average molecular weight is 294 g/mol. The first-order valence-corrected chi connectivity index (χ1v) is 6.86. The smallest absolute Gasteiger partial charge is 0.235 e. The maximum absolute atomic E-state index is 12.0. The van der Waals surface area contributed by atoms with Gasteiger partial charge >= 0.3 is 0 Å². The molecule has 0 bridgehead atoms. The van der Waals surface area contributed by atoms with Crippen molar-refractivity contribution in [2.45, 2.75) is 37.4 Å². The number of alkyl halides is 2. The number of hydrogen-bond acceptors (Lipinski definition) is 4. The van der Waals surface area contributed by atoms with Crippen LogP contribution in [0.5, 0.6) is 0 Å². The molecule has 0 aromatic carbocycles. The van der Waals surface area contributed by atoms with Gasteiger partial charge in [-0.15, -0.1) is 33.4 Å². The number of nitrogens with one attached hydrogen (secondary N) is 1. The third kappa shape index (κ3) is 2.28. The van der Waals surface area contributed by atoms with Crippen molar-refractivity contribution in [3.63, 3.8) is 0 Å². The fraction of sp³-hybridized carbons (Fsp3) is 0.700. The quantitative estimate of drug-likeness (QED) is 0.871. The number of rotatable bonds is 3. The van der Waals surface area contributed by atoms with Gasteiger partial charge in [0.2, 0.25) is 11.0 Å². The topological polar surface area (TPSA) is 54.9 Å². The fourth-order valence-corrected chi connectivity index (χ4v) is 2.85. The Hall–Kier alpha value is -0.390. The molecule has 1 atom stereocenters. The number of nitrogens with zero attached hydrogens (tertiary/aromatic N) is 2. The molecule has 1 heterocycles. The minimum atomic E-state index is -0.956. The third-order valence-corrected chi connectivity index (χ3v) is 5.15. The Morgan fingerprint density at radius 3 is 2.47 bits per heavy atom. The second kappa shape index (κ2) is 4.07. The van der Waals surface area contributed by atoms with Gasteiger partial charge in [0.25, 0.3) is 0 Å². The van der Waals surface area contributed by atoms with Gasteiger partial charge in [-0.05, 0) is 13.3 Å². The summed E-state index contributed by atoms with van der Waals surface area (Å²) in [6.07, 6.45) is 0.463. The van der Waals surface area contributed by atoms with E-state index in [4.69, 9.17) is 23.2 Å². The number of hydrogen-bond donors (Lipinski definition) is 1. The van der Waals surface area contributed by atoms with Crippen molar-refractivity contribution in [2.75, 3.05) is 5.32 Å². The minimum Gasteiger partial charge on any atom is -0.300 e. The van der Waals surface area contributed by atoms with Gasteiger partial charge in [0.1, 0.15) is 9.34 Å². The summed E-state index contributed by atoms with van der Waals surface area (Å²) in [7, 11) is 0. The first-order valence-electron chi connectivity index (χ1n) is 5.29. The SMILES string of the molecule is CC(C)c1nnc(NC(=O)[C@@]2(C)CC2(Cl)Cl)s1. The van der Waals surface area contributed by atoms with E-state index >= 15 is 0 Å². The zero-order chi connectivity index (χ0) is 12.8. The van der Waals surface area contributed by atoms with Crippen molar-refractivity contribution in [2.24, 2.45) is 5.41 Å². The first-order chi connectivity index (χ1) is 7.76. The van der Waals surface area contributed by atoms with Gasteiger partial charge < -0.3 is 0 Å². The van der Waals surface area contributed by atoms with Gasteiger partial charge in [-0.25, -0.2) is 0 Å². The molecule has 0 unspecified atom stereocenters. The van der Waals surface area contributed by atoms with E-state index in [1.807, 2.05) is 13.8 Å². The lowest BCUT2D eigenvalue weighted by Crippen LogP contribution is -2.25. The van der Waals surface area contributed by atoms with Gasteiger partial charge in [-0.2, -0.15) is 0 Å². The van der Waals surface area contributed by atoms with Crippen LogP contribution in [0, 0.1) is 5.41 Å². The molecular weight excluding hydrogens is 281 g/mol. The molecule has 2 rings (SSSR count). The summed E-state index contributed by atoms with van der Waals surface area (Å²) in [4.78, 5) is 12.0. The molecule has 7 heteroatoms. The van der Waals surface area contributed by atoms with E-state index in [1.54, 1.807) is 6.92 Å². The van der Waals surface area contributed by atoms with E-state index in [0.29, 0.717) is 17.5 Å². The molecule has 1 N–H and O–H groups in total. The lowest BCUT2D eigenvalue weighted by atomic mass is 10.1. The van der Waals surface area contributed by atoms with Gasteiger partial charge in [-0.1, -0.05) is 25.2 Å². The van der Waals surface area contributed by atoms with Gasteiger partial charge in [0, 0.05) is 5.92 Å². The molecule has 1 fully saturated rings. The Morgan fingerprint density at radius 1 is 1.47 bits per heavy atom. The monoisotopic (exact) mass is 293 g/mol. The van der Waals surface area contributed by atoms with E-state index in [-0.39, 0.29) is 5.91 Å². The van der Waals surface area contributed by atoms with Crippen LogP contribution in [0.4, 0.5) is 5.13 Å². The maximum Gasteiger partial charge on any atom is 0.235 e. The Bertz CT molecular complexity index is 460. The largest absolute Gasteiger partial charge is 0.300 e. The Labute approximate surface area is 114 Å². The van der Waals surface area contributed by atoms with Crippen LogP contribution in [0.15, 0.2) is 0 Å². The van der Waals surface area contributed by atoms with Crippen LogP contribution in [0.2, 0.25) is 0 Å². The molecule has 1 saturated carbocycles. The average Bonchev–Trinajstić information content (AvgIpc) is 2.63. The molecule has 0 radical (unpaired) electrons. The first kappa shape index (κ1) is 13.1. The zero-order valence-corrected chi connectivity index (χ0v) is 12.1. The maximum atomic E-state index is 12.0. The summed E-state index contributed by atoms with van der Waals surface area (Å²) in [6.45, 7) is 5.79. The highest BCUT2D eigenvalue weighted by Crippen LogP contribution is 2.64. The van der Waals surface area contributed by atoms with Crippen molar-refractivity contribution in [1.82, 2.24) is 10.2 Å². The molecular formula is C10H13Cl2N3OS. The van der Waals surface area contributed by atoms with Crippen molar-refractivity contribution in [3.8, 4) is 0 Å². The van der Waals surface area contributed by atoms with Crippen LogP contribution in [0.3, 0.4) is 0 Å². The fourth-order valence-electron chi connectivity index (χ4n) is 1.40. The molecule has 94 valence electrons. The highest BCUT2D eigenvalue weighted by Gasteiger charge is 2.68. The number of amides is 1. The second-order valence-corrected chi connectivity index (χ2v) is 7.26. The minimum absolute atomic E-state index is 0.200. The van der Waals surface area contributed by atoms with E-state index in [9.17, 15) is 4.79 Å². The lowest BCUT2D eigenvalue weighted by Gasteiger charge is -2.09. The Kier molecular flexibility index (Phi) is 3.13. The number of halogens is 2. The molecule has 0 saturated heterocycles. The normalized spacial score (nSPS) is 26.0. The molecule has 4 nitrogen and oxygen atoms in total. The van der Waals surface area contributed by atoms with Crippen molar-refractivity contribution in [3.05, 3.63) is 5.01 Å². The predicted octanol–water partition coefficient (Wildman–Crippen LogP) is 3.18. The zero-order valence-electron chi connectivity index (χ0n) is 9.75. The van der Waals surface area contributed by atoms with Crippen LogP contribution in [-0.4, -0.2) is 20.4 Å². The Balaban J connectivity index is 2.04. The van der Waals surface area contributed by atoms with Gasteiger partial charge in [0.05, 0.1) is 5.41 Å². The van der Waals surface area contributed by atoms with Gasteiger partial charge in [0.15, 0.2) is 0 Å². The summed E-state index contributed by atoms with van der Waals surface area (Å²) in [5.74, 6) is 0.101. The second-order valence-electron chi connectivity index (χ2n) is 4.77. The van der Waals surface area contributed by atoms with Crippen LogP contribution < -0.4 is 5.32 Å². The van der Waals surface area contributed by atoms with E-state index in [1.165, 1.54) is 11.3 Å². The lowest BCUT2D eigenvalue weighted by molar-refractivity contribution is -0.120. The molecule has 17 heavy (non-hydrogen) atoms. The van der Waals surface area contributed by atoms with Crippen molar-refractivity contribution in [1.29, 1.82) is 0 Å². The number of carbonyl (C=O) groups is 1. The van der Waals surface area contributed by atoms with Crippen LogP contribution >= 0.6 is 34.5 Å². The molecule has 1 aromatic heterocycles. The van der Waals surface area contributed by atoms with E-state index in [0.717, 1.165) is 5.01 Å². The van der Waals surface area contributed by atoms with Crippen molar-refractivity contribution < 1.29 is 4.79 Å². The standard InChI is InChI=1S/C10H13Cl2N3OS/c1-5(2)6-14-15-8(17-6)13-7(16)9(3)4-10(9,11)12/h5H,4H2,1-3H3,(H,13,15,16)/t9-/m1/s1. The highest BCUT2D eigenvalue weighted by molar-refractivity contribution is 7.15. The summed E-state index contributed by atoms with van der Waals surface area (Å²) >= 11 is 13.2. The molecule has 0 aliphatic heterocycles. The third-order valence-electron chi connectivity index (χ3n) is 2.91. The van der Waals surface area contributed by atoms with E-state index in [2.05, 4.69) is 15.5 Å². The molecule has 1 aliphatic carbocycles. The highest BCUT2D eigenvalue weighted by atomic mass is 35.5. The number of aromatic nitrogens is 2. The number of carbonyl (C=O) groups excluding carboxylic acids is 1. The van der Waals surface area contributed by atoms with Crippen LogP contribution in [0.25, 0.3) is 0 Å². The van der Waals surface area contributed by atoms with Crippen molar-refractivity contribution >= 4 is 45.6 Å². The molecule has 0 spiro atoms. The predicted molar refractivity (Wildman–Crippen MR) is 69.8 cm³/mol. The van der Waals surface area contributed by atoms with Crippen LogP contribution in [0.1, 0.15) is 38.1 Å². The summed E-state index contributed by atoms with van der Waals surface area (Å²) in [5.41, 5.74) is -0.722. The van der Waals surface area contributed by atoms with E-state index < -0.39 is 9.75 Å². The summed E-state index contributed by atoms with van der Waals surface area (Å²) < 4.78 is -0.956. The van der Waals surface area contributed by atoms with Gasteiger partial charge in [-0.3, -0.25) is 10.1 Å². The Morgan fingerprint density at radius 2 is 2.06 bits per heavy atom. The molecule has 1 amide bonds. The molecule has 1 aromatic rings. The number of anilines is 1. The summed E-state index contributed by atoms with van der Waals surface area (Å²) in [6, 6.07) is 0. The summed E-state index contributed by atoms with van der Waals surface area (Å²) in [5, 5.41) is 12.0. The van der Waals surface area contributed by atoms with Crippen LogP contribution in [-0.2, 0) is 4.79 Å². The molecule has 1 aliphatic rings.